The topological polar surface area (TPSA) is 102 Å². The number of aliphatic hydroxyl groups is 1. The summed E-state index contributed by atoms with van der Waals surface area (Å²) in [6.07, 6.45) is -0.172. The Morgan fingerprint density at radius 2 is 1.52 bits per heavy atom. The monoisotopic (exact) mass is 416 g/mol. The van der Waals surface area contributed by atoms with Crippen LogP contribution in [0.3, 0.4) is 0 Å². The van der Waals surface area contributed by atoms with Crippen molar-refractivity contribution >= 4 is 12.0 Å². The molecule has 4 rings (SSSR count). The lowest BCUT2D eigenvalue weighted by Gasteiger charge is -2.18. The van der Waals surface area contributed by atoms with E-state index in [1.54, 1.807) is 24.3 Å². The van der Waals surface area contributed by atoms with E-state index in [1.165, 1.54) is 11.1 Å². The van der Waals surface area contributed by atoms with Gasteiger partial charge in [-0.2, -0.15) is 0 Å². The number of nitrogens with two attached hydrogens (primary N) is 1. The maximum atomic E-state index is 12.4. The summed E-state index contributed by atoms with van der Waals surface area (Å²) in [6.45, 7) is -0.0208. The van der Waals surface area contributed by atoms with Gasteiger partial charge in [-0.3, -0.25) is 4.79 Å². The second-order valence-electron chi connectivity index (χ2n) is 7.61. The van der Waals surface area contributed by atoms with Crippen LogP contribution in [-0.2, 0) is 11.2 Å². The predicted molar refractivity (Wildman–Crippen MR) is 118 cm³/mol. The minimum atomic E-state index is -0.574. The van der Waals surface area contributed by atoms with Crippen molar-refractivity contribution in [2.45, 2.75) is 18.4 Å². The highest BCUT2D eigenvalue weighted by Gasteiger charge is 2.29. The molecule has 1 aliphatic rings. The fourth-order valence-corrected chi connectivity index (χ4v) is 4.06. The average Bonchev–Trinajstić information content (AvgIpc) is 3.11. The molecule has 1 aliphatic carbocycles. The van der Waals surface area contributed by atoms with E-state index >= 15 is 0 Å². The predicted octanol–water partition coefficient (Wildman–Crippen LogP) is 3.23. The van der Waals surface area contributed by atoms with Gasteiger partial charge < -0.3 is 20.9 Å². The van der Waals surface area contributed by atoms with Crippen molar-refractivity contribution in [3.8, 4) is 11.1 Å². The number of alkyl carbamates (subject to hydrolysis) is 1. The molecule has 6 heteroatoms. The van der Waals surface area contributed by atoms with Crippen molar-refractivity contribution in [3.63, 3.8) is 0 Å². The molecule has 0 saturated carbocycles. The molecule has 3 aromatic carbocycles. The zero-order valence-corrected chi connectivity index (χ0v) is 17.0. The van der Waals surface area contributed by atoms with Crippen LogP contribution in [0, 0.1) is 0 Å². The van der Waals surface area contributed by atoms with Crippen LogP contribution < -0.4 is 11.1 Å². The number of hydrogen-bond acceptors (Lipinski definition) is 4. The number of carbonyl (C=O) groups is 2. The molecule has 0 bridgehead atoms. The number of benzene rings is 3. The zero-order chi connectivity index (χ0) is 21.8. The fraction of sp³-hybridized carbons (Fsp3) is 0.200. The summed E-state index contributed by atoms with van der Waals surface area (Å²) >= 11 is 0. The second kappa shape index (κ2) is 9.02. The number of primary amides is 1. The summed E-state index contributed by atoms with van der Waals surface area (Å²) in [5.41, 5.74) is 11.1. The van der Waals surface area contributed by atoms with Crippen molar-refractivity contribution in [3.05, 3.63) is 95.1 Å². The Balaban J connectivity index is 1.38. The quantitative estimate of drug-likeness (QED) is 0.550. The second-order valence-corrected chi connectivity index (χ2v) is 7.61. The van der Waals surface area contributed by atoms with Gasteiger partial charge >= 0.3 is 6.09 Å². The van der Waals surface area contributed by atoms with E-state index in [2.05, 4.69) is 29.6 Å². The number of aliphatic hydroxyl groups excluding tert-OH is 1. The van der Waals surface area contributed by atoms with Gasteiger partial charge in [0.05, 0.1) is 12.6 Å². The highest BCUT2D eigenvalue weighted by atomic mass is 16.5. The summed E-state index contributed by atoms with van der Waals surface area (Å²) in [5, 5.41) is 12.4. The fourth-order valence-electron chi connectivity index (χ4n) is 4.06. The summed E-state index contributed by atoms with van der Waals surface area (Å²) < 4.78 is 5.54. The van der Waals surface area contributed by atoms with Crippen molar-refractivity contribution < 1.29 is 19.4 Å². The van der Waals surface area contributed by atoms with Gasteiger partial charge in [0.2, 0.25) is 5.91 Å². The van der Waals surface area contributed by atoms with E-state index in [0.717, 1.165) is 16.7 Å². The summed E-state index contributed by atoms with van der Waals surface area (Å²) in [5.74, 6) is -0.519. The summed E-state index contributed by atoms with van der Waals surface area (Å²) in [7, 11) is 0. The molecule has 6 nitrogen and oxygen atoms in total. The molecule has 0 aromatic heterocycles. The van der Waals surface area contributed by atoms with Crippen LogP contribution >= 0.6 is 0 Å². The summed E-state index contributed by atoms with van der Waals surface area (Å²) in [4.78, 5) is 23.6. The first-order valence-corrected chi connectivity index (χ1v) is 10.2. The van der Waals surface area contributed by atoms with Gasteiger partial charge in [0.1, 0.15) is 6.61 Å². The molecule has 2 amide bonds. The van der Waals surface area contributed by atoms with E-state index in [1.807, 2.05) is 24.3 Å². The van der Waals surface area contributed by atoms with Gasteiger partial charge in [0, 0.05) is 11.5 Å². The standard InChI is InChI=1S/C25H24N2O4/c26-24(29)17-11-9-16(10-12-17)13-18(14-28)27-25(30)31-15-23-21-7-3-1-5-19(21)20-6-2-4-8-22(20)23/h1-12,18,23,28H,13-15H2,(H2,26,29)(H,27,30)/t18-/m0/s1. The molecule has 0 aliphatic heterocycles. The van der Waals surface area contributed by atoms with Crippen molar-refractivity contribution in [2.24, 2.45) is 5.73 Å². The van der Waals surface area contributed by atoms with Crippen molar-refractivity contribution in [2.75, 3.05) is 13.2 Å². The lowest BCUT2D eigenvalue weighted by Crippen LogP contribution is -2.39. The maximum absolute atomic E-state index is 12.4. The normalized spacial score (nSPS) is 13.2. The number of fused-ring (bicyclic) bond motifs is 3. The molecule has 0 spiro atoms. The van der Waals surface area contributed by atoms with Crippen LogP contribution in [0.1, 0.15) is 33.0 Å². The van der Waals surface area contributed by atoms with Crippen molar-refractivity contribution in [1.29, 1.82) is 0 Å². The maximum Gasteiger partial charge on any atom is 0.407 e. The Labute approximate surface area is 180 Å². The van der Waals surface area contributed by atoms with Gasteiger partial charge in [0.25, 0.3) is 0 Å². The number of carbonyl (C=O) groups excluding carboxylic acids is 2. The van der Waals surface area contributed by atoms with Crippen LogP contribution in [-0.4, -0.2) is 36.4 Å². The van der Waals surface area contributed by atoms with Crippen LogP contribution in [0.15, 0.2) is 72.8 Å². The molecule has 4 N–H and O–H groups in total. The van der Waals surface area contributed by atoms with E-state index < -0.39 is 18.0 Å². The third-order valence-corrected chi connectivity index (χ3v) is 5.61. The van der Waals surface area contributed by atoms with E-state index in [9.17, 15) is 14.7 Å². The number of hydrogen-bond donors (Lipinski definition) is 3. The molecule has 3 aromatic rings. The Hall–Kier alpha value is -3.64. The number of ether oxygens (including phenoxy) is 1. The molecule has 31 heavy (non-hydrogen) atoms. The molecular weight excluding hydrogens is 392 g/mol. The smallest absolute Gasteiger partial charge is 0.407 e. The summed E-state index contributed by atoms with van der Waals surface area (Å²) in [6, 6.07) is 22.5. The number of nitrogens with one attached hydrogen (secondary N) is 1. The minimum Gasteiger partial charge on any atom is -0.449 e. The highest BCUT2D eigenvalue weighted by molar-refractivity contribution is 5.92. The molecule has 0 radical (unpaired) electrons. The van der Waals surface area contributed by atoms with E-state index in [4.69, 9.17) is 10.5 Å². The molecular formula is C25H24N2O4. The van der Waals surface area contributed by atoms with Gasteiger partial charge in [-0.25, -0.2) is 4.79 Å². The minimum absolute atomic E-state index is 0.0212. The van der Waals surface area contributed by atoms with E-state index in [-0.39, 0.29) is 19.1 Å². The van der Waals surface area contributed by atoms with Crippen LogP contribution in [0.4, 0.5) is 4.79 Å². The molecule has 0 saturated heterocycles. The van der Waals surface area contributed by atoms with Crippen LogP contribution in [0.2, 0.25) is 0 Å². The van der Waals surface area contributed by atoms with Crippen LogP contribution in [0.5, 0.6) is 0 Å². The Bertz CT molecular complexity index is 1050. The Morgan fingerprint density at radius 3 is 2.06 bits per heavy atom. The molecule has 0 unspecified atom stereocenters. The molecule has 158 valence electrons. The SMILES string of the molecule is NC(=O)c1ccc(C[C@@H](CO)NC(=O)OCC2c3ccccc3-c3ccccc32)cc1. The third-order valence-electron chi connectivity index (χ3n) is 5.61. The van der Waals surface area contributed by atoms with Gasteiger partial charge in [-0.15, -0.1) is 0 Å². The first-order chi connectivity index (χ1) is 15.1. The van der Waals surface area contributed by atoms with Crippen LogP contribution in [0.25, 0.3) is 11.1 Å². The average molecular weight is 416 g/mol. The van der Waals surface area contributed by atoms with Crippen molar-refractivity contribution in [1.82, 2.24) is 5.32 Å². The van der Waals surface area contributed by atoms with E-state index in [0.29, 0.717) is 12.0 Å². The van der Waals surface area contributed by atoms with Gasteiger partial charge in [0.15, 0.2) is 0 Å². The number of rotatable bonds is 7. The lowest BCUT2D eigenvalue weighted by atomic mass is 9.98. The largest absolute Gasteiger partial charge is 0.449 e. The first kappa shape index (κ1) is 20.6. The lowest BCUT2D eigenvalue weighted by molar-refractivity contribution is 0.1000. The Kier molecular flexibility index (Phi) is 6.00. The van der Waals surface area contributed by atoms with Gasteiger partial charge in [-0.05, 0) is 46.4 Å². The third kappa shape index (κ3) is 4.44. The first-order valence-electron chi connectivity index (χ1n) is 10.2. The molecule has 1 atom stereocenters. The zero-order valence-electron chi connectivity index (χ0n) is 17.0. The van der Waals surface area contributed by atoms with Gasteiger partial charge in [-0.1, -0.05) is 60.7 Å². The molecule has 0 heterocycles. The Morgan fingerprint density at radius 1 is 0.935 bits per heavy atom. The highest BCUT2D eigenvalue weighted by Crippen LogP contribution is 2.44. The molecule has 0 fully saturated rings. The number of amides is 2.